The van der Waals surface area contributed by atoms with Gasteiger partial charge in [-0.1, -0.05) is 44.3 Å². The lowest BCUT2D eigenvalue weighted by atomic mass is 9.70. The molecule has 2 rings (SSSR count). The van der Waals surface area contributed by atoms with Crippen LogP contribution in [0.1, 0.15) is 71.1 Å². The van der Waals surface area contributed by atoms with E-state index in [1.807, 2.05) is 5.57 Å². The Morgan fingerprint density at radius 3 is 2.41 bits per heavy atom. The lowest BCUT2D eigenvalue weighted by Gasteiger charge is -2.37. The minimum absolute atomic E-state index is 0.535. The van der Waals surface area contributed by atoms with Crippen molar-refractivity contribution in [2.45, 2.75) is 71.1 Å². The van der Waals surface area contributed by atoms with E-state index in [4.69, 9.17) is 0 Å². The van der Waals surface area contributed by atoms with Crippen LogP contribution in [0.3, 0.4) is 0 Å². The average molecular weight is 235 g/mol. The van der Waals surface area contributed by atoms with Crippen LogP contribution in [-0.4, -0.2) is 13.1 Å². The Kier molecular flexibility index (Phi) is 5.09. The highest BCUT2D eigenvalue weighted by atomic mass is 14.9. The molecule has 0 aromatic carbocycles. The third-order valence-corrected chi connectivity index (χ3v) is 4.75. The standard InChI is InChI=1S/C16H29N/c1-2-17-14-16(12-8-3-4-9-13-16)15-10-6-5-7-11-15/h10,17H,2-9,11-14H2,1H3. The van der Waals surface area contributed by atoms with Gasteiger partial charge in [0.2, 0.25) is 0 Å². The van der Waals surface area contributed by atoms with E-state index in [0.29, 0.717) is 5.41 Å². The minimum Gasteiger partial charge on any atom is -0.316 e. The molecule has 0 radical (unpaired) electrons. The number of hydrogen-bond donors (Lipinski definition) is 1. The molecule has 0 aromatic rings. The fourth-order valence-corrected chi connectivity index (χ4v) is 3.70. The molecule has 0 bridgehead atoms. The Labute approximate surface area is 107 Å². The number of rotatable bonds is 4. The largest absolute Gasteiger partial charge is 0.316 e. The predicted molar refractivity (Wildman–Crippen MR) is 75.2 cm³/mol. The Balaban J connectivity index is 2.11. The highest BCUT2D eigenvalue weighted by Crippen LogP contribution is 2.44. The maximum atomic E-state index is 3.64. The fourth-order valence-electron chi connectivity index (χ4n) is 3.70. The van der Waals surface area contributed by atoms with Crippen LogP contribution >= 0.6 is 0 Å². The summed E-state index contributed by atoms with van der Waals surface area (Å²) in [5.41, 5.74) is 2.35. The SMILES string of the molecule is CCNCC1(C2=CCCCC2)CCCCCC1. The van der Waals surface area contributed by atoms with Crippen LogP contribution in [0, 0.1) is 5.41 Å². The molecule has 1 N–H and O–H groups in total. The molecule has 0 unspecified atom stereocenters. The molecular weight excluding hydrogens is 206 g/mol. The van der Waals surface area contributed by atoms with Crippen LogP contribution in [0.4, 0.5) is 0 Å². The first-order valence-electron chi connectivity index (χ1n) is 7.78. The van der Waals surface area contributed by atoms with Crippen molar-refractivity contribution in [1.29, 1.82) is 0 Å². The van der Waals surface area contributed by atoms with Crippen molar-refractivity contribution in [3.05, 3.63) is 11.6 Å². The van der Waals surface area contributed by atoms with Crippen LogP contribution in [0.15, 0.2) is 11.6 Å². The van der Waals surface area contributed by atoms with Crippen molar-refractivity contribution in [1.82, 2.24) is 5.32 Å². The molecule has 1 fully saturated rings. The third-order valence-electron chi connectivity index (χ3n) is 4.75. The molecule has 0 atom stereocenters. The molecule has 0 spiro atoms. The summed E-state index contributed by atoms with van der Waals surface area (Å²) >= 11 is 0. The zero-order valence-corrected chi connectivity index (χ0v) is 11.6. The maximum absolute atomic E-state index is 3.64. The van der Waals surface area contributed by atoms with Gasteiger partial charge >= 0.3 is 0 Å². The average Bonchev–Trinajstić information content (AvgIpc) is 2.64. The van der Waals surface area contributed by atoms with Gasteiger partial charge < -0.3 is 5.32 Å². The molecule has 1 nitrogen and oxygen atoms in total. The molecule has 2 aliphatic carbocycles. The van der Waals surface area contributed by atoms with Crippen LogP contribution in [-0.2, 0) is 0 Å². The van der Waals surface area contributed by atoms with Crippen LogP contribution < -0.4 is 5.32 Å². The first kappa shape index (κ1) is 13.1. The zero-order chi connectivity index (χ0) is 12.0. The second kappa shape index (κ2) is 6.58. The molecule has 2 aliphatic rings. The minimum atomic E-state index is 0.535. The van der Waals surface area contributed by atoms with Gasteiger partial charge in [-0.05, 0) is 45.1 Å². The predicted octanol–water partition coefficient (Wildman–Crippen LogP) is 4.44. The van der Waals surface area contributed by atoms with Gasteiger partial charge in [-0.15, -0.1) is 0 Å². The highest BCUT2D eigenvalue weighted by Gasteiger charge is 2.34. The van der Waals surface area contributed by atoms with Gasteiger partial charge in [-0.25, -0.2) is 0 Å². The second-order valence-corrected chi connectivity index (χ2v) is 5.95. The van der Waals surface area contributed by atoms with Crippen molar-refractivity contribution in [2.24, 2.45) is 5.41 Å². The quantitative estimate of drug-likeness (QED) is 0.561. The number of hydrogen-bond acceptors (Lipinski definition) is 1. The maximum Gasteiger partial charge on any atom is 0.00451 e. The van der Waals surface area contributed by atoms with E-state index in [0.717, 1.165) is 6.54 Å². The normalized spacial score (nSPS) is 25.1. The number of nitrogens with one attached hydrogen (secondary N) is 1. The highest BCUT2D eigenvalue weighted by molar-refractivity contribution is 5.18. The van der Waals surface area contributed by atoms with Gasteiger partial charge in [0, 0.05) is 12.0 Å². The molecule has 1 heteroatoms. The Morgan fingerprint density at radius 1 is 1.06 bits per heavy atom. The molecule has 17 heavy (non-hydrogen) atoms. The van der Waals surface area contributed by atoms with E-state index in [1.165, 1.54) is 70.8 Å². The van der Waals surface area contributed by atoms with E-state index < -0.39 is 0 Å². The molecule has 0 saturated heterocycles. The van der Waals surface area contributed by atoms with E-state index in [-0.39, 0.29) is 0 Å². The first-order valence-corrected chi connectivity index (χ1v) is 7.78. The van der Waals surface area contributed by atoms with Crippen molar-refractivity contribution in [2.75, 3.05) is 13.1 Å². The number of allylic oxidation sites excluding steroid dienone is 1. The molecule has 0 aromatic heterocycles. The van der Waals surface area contributed by atoms with Crippen LogP contribution in [0.2, 0.25) is 0 Å². The van der Waals surface area contributed by atoms with Crippen molar-refractivity contribution in [3.8, 4) is 0 Å². The molecule has 1 saturated carbocycles. The second-order valence-electron chi connectivity index (χ2n) is 5.95. The smallest absolute Gasteiger partial charge is 0.00451 e. The Hall–Kier alpha value is -0.300. The summed E-state index contributed by atoms with van der Waals surface area (Å²) in [4.78, 5) is 0. The first-order chi connectivity index (χ1) is 8.37. The van der Waals surface area contributed by atoms with E-state index in [2.05, 4.69) is 18.3 Å². The summed E-state index contributed by atoms with van der Waals surface area (Å²) in [6.07, 6.45) is 16.8. The van der Waals surface area contributed by atoms with Crippen molar-refractivity contribution in [3.63, 3.8) is 0 Å². The summed E-state index contributed by atoms with van der Waals surface area (Å²) in [7, 11) is 0. The Bertz CT molecular complexity index is 246. The third kappa shape index (κ3) is 3.34. The van der Waals surface area contributed by atoms with E-state index >= 15 is 0 Å². The summed E-state index contributed by atoms with van der Waals surface area (Å²) in [6, 6.07) is 0. The topological polar surface area (TPSA) is 12.0 Å². The fraction of sp³-hybridized carbons (Fsp3) is 0.875. The lowest BCUT2D eigenvalue weighted by molar-refractivity contribution is 0.276. The summed E-state index contributed by atoms with van der Waals surface area (Å²) in [5, 5.41) is 3.64. The lowest BCUT2D eigenvalue weighted by Crippen LogP contribution is -2.36. The van der Waals surface area contributed by atoms with Gasteiger partial charge in [0.1, 0.15) is 0 Å². The molecular formula is C16H29N. The summed E-state index contributed by atoms with van der Waals surface area (Å²) in [5.74, 6) is 0. The van der Waals surface area contributed by atoms with Crippen LogP contribution in [0.5, 0.6) is 0 Å². The van der Waals surface area contributed by atoms with E-state index in [1.54, 1.807) is 0 Å². The molecule has 0 aliphatic heterocycles. The van der Waals surface area contributed by atoms with Crippen LogP contribution in [0.25, 0.3) is 0 Å². The van der Waals surface area contributed by atoms with Crippen molar-refractivity contribution >= 4 is 0 Å². The zero-order valence-electron chi connectivity index (χ0n) is 11.6. The van der Waals surface area contributed by atoms with Gasteiger partial charge in [0.25, 0.3) is 0 Å². The van der Waals surface area contributed by atoms with Gasteiger partial charge in [0.15, 0.2) is 0 Å². The van der Waals surface area contributed by atoms with E-state index in [9.17, 15) is 0 Å². The summed E-state index contributed by atoms with van der Waals surface area (Å²) in [6.45, 7) is 4.59. The molecule has 0 amide bonds. The monoisotopic (exact) mass is 235 g/mol. The molecule has 0 heterocycles. The Morgan fingerprint density at radius 2 is 1.82 bits per heavy atom. The van der Waals surface area contributed by atoms with Gasteiger partial charge in [0.05, 0.1) is 0 Å². The summed E-state index contributed by atoms with van der Waals surface area (Å²) < 4.78 is 0. The van der Waals surface area contributed by atoms with Gasteiger partial charge in [-0.2, -0.15) is 0 Å². The molecule has 98 valence electrons. The van der Waals surface area contributed by atoms with Gasteiger partial charge in [-0.3, -0.25) is 0 Å². The van der Waals surface area contributed by atoms with Crippen molar-refractivity contribution < 1.29 is 0 Å².